The van der Waals surface area contributed by atoms with Crippen molar-refractivity contribution in [3.8, 4) is 11.5 Å². The maximum Gasteiger partial charge on any atom is 0.277 e. The van der Waals surface area contributed by atoms with E-state index in [-0.39, 0.29) is 12.5 Å². The molecule has 29 heavy (non-hydrogen) atoms. The summed E-state index contributed by atoms with van der Waals surface area (Å²) in [6.45, 7) is 2.56. The van der Waals surface area contributed by atoms with Crippen molar-refractivity contribution in [2.24, 2.45) is 10.1 Å². The predicted molar refractivity (Wildman–Crippen MR) is 118 cm³/mol. The number of thioether (sulfide) groups is 1. The van der Waals surface area contributed by atoms with Crippen LogP contribution in [0.3, 0.4) is 0 Å². The molecule has 0 unspecified atom stereocenters. The lowest BCUT2D eigenvalue weighted by Gasteiger charge is -2.13. The minimum atomic E-state index is -0.346. The van der Waals surface area contributed by atoms with Gasteiger partial charge in [-0.3, -0.25) is 9.79 Å². The molecule has 0 spiro atoms. The molecule has 7 nitrogen and oxygen atoms in total. The first-order valence-electron chi connectivity index (χ1n) is 9.29. The number of carbonyl (C=O) groups is 1. The molecule has 2 aromatic rings. The van der Waals surface area contributed by atoms with E-state index in [2.05, 4.69) is 20.8 Å². The number of amides is 1. The second-order valence-electron chi connectivity index (χ2n) is 6.26. The second-order valence-corrected chi connectivity index (χ2v) is 7.35. The van der Waals surface area contributed by atoms with Gasteiger partial charge in [-0.2, -0.15) is 5.10 Å². The van der Waals surface area contributed by atoms with Gasteiger partial charge >= 0.3 is 0 Å². The van der Waals surface area contributed by atoms with Gasteiger partial charge in [-0.1, -0.05) is 36.0 Å². The molecule has 1 heterocycles. The van der Waals surface area contributed by atoms with Crippen LogP contribution in [0.4, 0.5) is 5.69 Å². The van der Waals surface area contributed by atoms with E-state index in [4.69, 9.17) is 9.47 Å². The molecule has 152 valence electrons. The molecule has 1 aliphatic rings. The molecular formula is C21H24N4O3S. The minimum absolute atomic E-state index is 0.153. The first-order valence-corrected chi connectivity index (χ1v) is 10.3. The zero-order chi connectivity index (χ0) is 20.5. The number of methoxy groups -OCH3 is 1. The number of anilines is 1. The van der Waals surface area contributed by atoms with Crippen LogP contribution >= 0.6 is 11.8 Å². The Bertz CT molecular complexity index is 897. The van der Waals surface area contributed by atoms with Crippen molar-refractivity contribution in [2.45, 2.75) is 13.3 Å². The molecule has 0 saturated heterocycles. The molecule has 0 saturated carbocycles. The van der Waals surface area contributed by atoms with Crippen LogP contribution in [0.25, 0.3) is 0 Å². The maximum atomic E-state index is 12.0. The Hall–Kier alpha value is -3.00. The Morgan fingerprint density at radius 1 is 1.17 bits per heavy atom. The van der Waals surface area contributed by atoms with Crippen LogP contribution in [0.15, 0.2) is 58.6 Å². The molecule has 0 aliphatic carbocycles. The van der Waals surface area contributed by atoms with Crippen LogP contribution in [0, 0.1) is 0 Å². The summed E-state index contributed by atoms with van der Waals surface area (Å²) >= 11 is 1.73. The van der Waals surface area contributed by atoms with Crippen molar-refractivity contribution in [1.82, 2.24) is 5.43 Å². The third kappa shape index (κ3) is 6.25. The van der Waals surface area contributed by atoms with Crippen LogP contribution in [0.5, 0.6) is 11.5 Å². The number of rotatable bonds is 7. The average molecular weight is 413 g/mol. The molecule has 2 N–H and O–H groups in total. The van der Waals surface area contributed by atoms with E-state index in [1.165, 1.54) is 0 Å². The van der Waals surface area contributed by atoms with Crippen LogP contribution < -0.4 is 20.2 Å². The fraction of sp³-hybridized carbons (Fsp3) is 0.286. The summed E-state index contributed by atoms with van der Waals surface area (Å²) < 4.78 is 10.7. The van der Waals surface area contributed by atoms with Gasteiger partial charge in [0.25, 0.3) is 5.91 Å². The Morgan fingerprint density at radius 3 is 2.62 bits per heavy atom. The molecule has 0 atom stereocenters. The summed E-state index contributed by atoms with van der Waals surface area (Å²) in [7, 11) is 1.55. The van der Waals surface area contributed by atoms with Crippen molar-refractivity contribution < 1.29 is 14.3 Å². The quantitative estimate of drug-likeness (QED) is 0.537. The number of nitrogens with one attached hydrogen (secondary N) is 2. The summed E-state index contributed by atoms with van der Waals surface area (Å²) in [5.74, 6) is 1.83. The number of amidine groups is 1. The van der Waals surface area contributed by atoms with E-state index in [0.717, 1.165) is 35.1 Å². The molecule has 1 amide bonds. The van der Waals surface area contributed by atoms with Gasteiger partial charge in [0.15, 0.2) is 23.3 Å². The third-order valence-electron chi connectivity index (χ3n) is 4.13. The summed E-state index contributed by atoms with van der Waals surface area (Å²) in [6.07, 6.45) is 1.13. The lowest BCUT2D eigenvalue weighted by atomic mass is 10.1. The average Bonchev–Trinajstić information content (AvgIpc) is 2.77. The van der Waals surface area contributed by atoms with Crippen molar-refractivity contribution in [2.75, 3.05) is 31.3 Å². The standard InChI is InChI=1S/C21H24N4O3S/c1-15(16-8-10-17(11-9-16)23-21-22-12-5-13-29-21)24-25-20(26)14-28-19-7-4-3-6-18(19)27-2/h3-4,6-11H,5,12-14H2,1-2H3,(H,22,23)(H,25,26)/b24-15-. The van der Waals surface area contributed by atoms with Crippen LogP contribution in [-0.2, 0) is 4.79 Å². The van der Waals surface area contributed by atoms with Crippen LogP contribution in [0.1, 0.15) is 18.9 Å². The van der Waals surface area contributed by atoms with E-state index >= 15 is 0 Å². The van der Waals surface area contributed by atoms with Gasteiger partial charge in [0.2, 0.25) is 0 Å². The predicted octanol–water partition coefficient (Wildman–Crippen LogP) is 3.52. The number of nitrogens with zero attached hydrogens (tertiary/aromatic N) is 2. The van der Waals surface area contributed by atoms with Gasteiger partial charge < -0.3 is 14.8 Å². The van der Waals surface area contributed by atoms with Gasteiger partial charge in [-0.15, -0.1) is 0 Å². The maximum absolute atomic E-state index is 12.0. The molecule has 0 fully saturated rings. The number of carbonyl (C=O) groups excluding carboxylic acids is 1. The normalized spacial score (nSPS) is 14.0. The van der Waals surface area contributed by atoms with E-state index in [0.29, 0.717) is 17.2 Å². The molecular weight excluding hydrogens is 388 g/mol. The zero-order valence-electron chi connectivity index (χ0n) is 16.5. The SMILES string of the molecule is COc1ccccc1OCC(=O)N/N=C(/C)c1ccc(NC2=NCCCS2)cc1. The number of hydrogen-bond donors (Lipinski definition) is 2. The third-order valence-corrected chi connectivity index (χ3v) is 5.12. The molecule has 0 bridgehead atoms. The molecule has 2 aromatic carbocycles. The molecule has 8 heteroatoms. The Labute approximate surface area is 174 Å². The Kier molecular flexibility index (Phi) is 7.52. The van der Waals surface area contributed by atoms with Gasteiger partial charge in [0.1, 0.15) is 0 Å². The molecule has 3 rings (SSSR count). The summed E-state index contributed by atoms with van der Waals surface area (Å²) in [4.78, 5) is 16.5. The van der Waals surface area contributed by atoms with Crippen LogP contribution in [0.2, 0.25) is 0 Å². The van der Waals surface area contributed by atoms with Crippen molar-refractivity contribution in [3.63, 3.8) is 0 Å². The second kappa shape index (κ2) is 10.5. The summed E-state index contributed by atoms with van der Waals surface area (Å²) in [5, 5.41) is 8.42. The van der Waals surface area contributed by atoms with E-state index in [1.54, 1.807) is 31.0 Å². The number of hydrogen-bond acceptors (Lipinski definition) is 7. The highest BCUT2D eigenvalue weighted by Gasteiger charge is 2.08. The van der Waals surface area contributed by atoms with Gasteiger partial charge in [-0.25, -0.2) is 5.43 Å². The molecule has 0 radical (unpaired) electrons. The molecule has 0 aromatic heterocycles. The largest absolute Gasteiger partial charge is 0.493 e. The monoisotopic (exact) mass is 412 g/mol. The highest BCUT2D eigenvalue weighted by Crippen LogP contribution is 2.25. The number of aliphatic imine (C=N–C) groups is 1. The van der Waals surface area contributed by atoms with Gasteiger partial charge in [0, 0.05) is 18.0 Å². The number of benzene rings is 2. The van der Waals surface area contributed by atoms with E-state index in [9.17, 15) is 4.79 Å². The Balaban J connectivity index is 1.51. The fourth-order valence-electron chi connectivity index (χ4n) is 2.58. The lowest BCUT2D eigenvalue weighted by Crippen LogP contribution is -2.25. The summed E-state index contributed by atoms with van der Waals surface area (Å²) in [5.41, 5.74) is 5.11. The van der Waals surface area contributed by atoms with Crippen LogP contribution in [-0.4, -0.2) is 42.8 Å². The first kappa shape index (κ1) is 20.7. The first-order chi connectivity index (χ1) is 14.2. The minimum Gasteiger partial charge on any atom is -0.493 e. The van der Waals surface area contributed by atoms with Crippen molar-refractivity contribution >= 4 is 34.2 Å². The van der Waals surface area contributed by atoms with Crippen molar-refractivity contribution in [1.29, 1.82) is 0 Å². The van der Waals surface area contributed by atoms with Gasteiger partial charge in [0.05, 0.1) is 12.8 Å². The Morgan fingerprint density at radius 2 is 1.93 bits per heavy atom. The van der Waals surface area contributed by atoms with E-state index < -0.39 is 0 Å². The smallest absolute Gasteiger partial charge is 0.277 e. The lowest BCUT2D eigenvalue weighted by molar-refractivity contribution is -0.123. The number of para-hydroxylation sites is 2. The van der Waals surface area contributed by atoms with E-state index in [1.807, 2.05) is 43.3 Å². The van der Waals surface area contributed by atoms with Crippen molar-refractivity contribution in [3.05, 3.63) is 54.1 Å². The highest BCUT2D eigenvalue weighted by atomic mass is 32.2. The highest BCUT2D eigenvalue weighted by molar-refractivity contribution is 8.14. The van der Waals surface area contributed by atoms with Gasteiger partial charge in [-0.05, 0) is 43.2 Å². The zero-order valence-corrected chi connectivity index (χ0v) is 17.3. The topological polar surface area (TPSA) is 84.3 Å². The number of ether oxygens (including phenoxy) is 2. The summed E-state index contributed by atoms with van der Waals surface area (Å²) in [6, 6.07) is 15.0. The number of hydrazone groups is 1. The molecule has 1 aliphatic heterocycles. The fourth-order valence-corrected chi connectivity index (χ4v) is 3.42.